The molecular formula is C19H34Cl2N2O3. The average Bonchev–Trinajstić information content (AvgIpc) is 2.61. The van der Waals surface area contributed by atoms with Crippen LogP contribution in [0.2, 0.25) is 0 Å². The van der Waals surface area contributed by atoms with E-state index in [1.165, 1.54) is 12.0 Å². The fraction of sp³-hybridized carbons (Fsp3) is 0.684. The minimum Gasteiger partial charge on any atom is -0.493 e. The lowest BCUT2D eigenvalue weighted by molar-refractivity contribution is 0.156. The molecule has 1 atom stereocenters. The molecule has 1 fully saturated rings. The van der Waals surface area contributed by atoms with Gasteiger partial charge in [-0.25, -0.2) is 0 Å². The van der Waals surface area contributed by atoms with Gasteiger partial charge < -0.3 is 19.5 Å². The Morgan fingerprint density at radius 2 is 1.54 bits per heavy atom. The molecule has 152 valence electrons. The third-order valence-corrected chi connectivity index (χ3v) is 4.70. The summed E-state index contributed by atoms with van der Waals surface area (Å²) in [6.45, 7) is 8.74. The molecule has 0 aliphatic carbocycles. The first-order valence-electron chi connectivity index (χ1n) is 8.86. The fourth-order valence-electron chi connectivity index (χ4n) is 3.41. The summed E-state index contributed by atoms with van der Waals surface area (Å²) in [6.07, 6.45) is 2.30. The van der Waals surface area contributed by atoms with E-state index in [0.717, 1.165) is 38.3 Å². The summed E-state index contributed by atoms with van der Waals surface area (Å²) < 4.78 is 16.8. The normalized spacial score (nSPS) is 15.6. The molecule has 1 N–H and O–H groups in total. The van der Waals surface area contributed by atoms with E-state index >= 15 is 0 Å². The summed E-state index contributed by atoms with van der Waals surface area (Å²) in [6, 6.07) is 4.46. The average molecular weight is 409 g/mol. The maximum atomic E-state index is 5.74. The topological polar surface area (TPSA) is 43.0 Å². The second-order valence-electron chi connectivity index (χ2n) is 6.70. The number of hydrogen-bond acceptors (Lipinski definition) is 5. The largest absolute Gasteiger partial charge is 0.493 e. The number of hydrogen-bond donors (Lipinski definition) is 1. The van der Waals surface area contributed by atoms with Gasteiger partial charge in [0.05, 0.1) is 21.3 Å². The molecule has 26 heavy (non-hydrogen) atoms. The van der Waals surface area contributed by atoms with Crippen molar-refractivity contribution in [2.45, 2.75) is 32.7 Å². The van der Waals surface area contributed by atoms with Gasteiger partial charge in [0.1, 0.15) is 0 Å². The van der Waals surface area contributed by atoms with Crippen LogP contribution >= 0.6 is 24.8 Å². The van der Waals surface area contributed by atoms with Crippen LogP contribution in [0.4, 0.5) is 0 Å². The lowest BCUT2D eigenvalue weighted by atomic mass is 9.94. The molecule has 0 unspecified atom stereocenters. The van der Waals surface area contributed by atoms with E-state index in [2.05, 4.69) is 30.1 Å². The molecular weight excluding hydrogens is 375 g/mol. The molecule has 0 saturated carbocycles. The molecule has 0 spiro atoms. The van der Waals surface area contributed by atoms with Gasteiger partial charge in [-0.05, 0) is 30.9 Å². The van der Waals surface area contributed by atoms with Gasteiger partial charge in [-0.2, -0.15) is 0 Å². The van der Waals surface area contributed by atoms with Gasteiger partial charge in [0.2, 0.25) is 5.75 Å². The zero-order chi connectivity index (χ0) is 17.5. The minimum atomic E-state index is 0. The Hall–Kier alpha value is -0.880. The van der Waals surface area contributed by atoms with Gasteiger partial charge >= 0.3 is 0 Å². The van der Waals surface area contributed by atoms with Gasteiger partial charge in [-0.15, -0.1) is 24.8 Å². The molecule has 1 saturated heterocycles. The van der Waals surface area contributed by atoms with E-state index in [-0.39, 0.29) is 24.8 Å². The molecule has 2 rings (SSSR count). The van der Waals surface area contributed by atoms with Crippen LogP contribution in [0.1, 0.15) is 38.3 Å². The Morgan fingerprint density at radius 3 is 2.04 bits per heavy atom. The first-order valence-corrected chi connectivity index (χ1v) is 8.86. The quantitative estimate of drug-likeness (QED) is 0.705. The molecule has 0 aromatic heterocycles. The van der Waals surface area contributed by atoms with E-state index in [1.807, 2.05) is 6.07 Å². The number of halogens is 2. The van der Waals surface area contributed by atoms with Crippen molar-refractivity contribution in [3.63, 3.8) is 0 Å². The third kappa shape index (κ3) is 6.08. The second kappa shape index (κ2) is 12.5. The van der Waals surface area contributed by atoms with Crippen LogP contribution in [0.3, 0.4) is 0 Å². The fourth-order valence-corrected chi connectivity index (χ4v) is 3.41. The first kappa shape index (κ1) is 25.1. The zero-order valence-corrected chi connectivity index (χ0v) is 18.2. The number of ether oxygens (including phenoxy) is 3. The molecule has 1 heterocycles. The lowest BCUT2D eigenvalue weighted by Gasteiger charge is -2.36. The van der Waals surface area contributed by atoms with Gasteiger partial charge in [-0.1, -0.05) is 13.8 Å². The predicted molar refractivity (Wildman–Crippen MR) is 112 cm³/mol. The van der Waals surface area contributed by atoms with Gasteiger partial charge in [0, 0.05) is 37.8 Å². The highest BCUT2D eigenvalue weighted by Crippen LogP contribution is 2.44. The number of nitrogens with one attached hydrogen (secondary N) is 1. The number of nitrogens with zero attached hydrogens (tertiary/aromatic N) is 1. The SMILES string of the molecule is COc1ccc([C@H](CCC(C)C)N2CCNCC2)c(OC)c1OC.Cl.Cl. The summed E-state index contributed by atoms with van der Waals surface area (Å²) in [4.78, 5) is 2.56. The van der Waals surface area contributed by atoms with Crippen LogP contribution < -0.4 is 19.5 Å². The molecule has 0 radical (unpaired) electrons. The van der Waals surface area contributed by atoms with E-state index in [0.29, 0.717) is 23.5 Å². The van der Waals surface area contributed by atoms with Crippen molar-refractivity contribution >= 4 is 24.8 Å². The van der Waals surface area contributed by atoms with Gasteiger partial charge in [0.25, 0.3) is 0 Å². The highest BCUT2D eigenvalue weighted by molar-refractivity contribution is 5.85. The molecule has 0 bridgehead atoms. The minimum absolute atomic E-state index is 0. The van der Waals surface area contributed by atoms with E-state index in [4.69, 9.17) is 14.2 Å². The molecule has 1 aromatic rings. The van der Waals surface area contributed by atoms with Crippen LogP contribution in [0, 0.1) is 5.92 Å². The summed E-state index contributed by atoms with van der Waals surface area (Å²) in [5, 5.41) is 3.44. The molecule has 7 heteroatoms. The van der Waals surface area contributed by atoms with Gasteiger partial charge in [-0.3, -0.25) is 4.90 Å². The molecule has 5 nitrogen and oxygen atoms in total. The zero-order valence-electron chi connectivity index (χ0n) is 16.5. The van der Waals surface area contributed by atoms with E-state index in [9.17, 15) is 0 Å². The molecule has 1 aliphatic heterocycles. The molecule has 0 amide bonds. The Labute approximate surface area is 170 Å². The van der Waals surface area contributed by atoms with Crippen LogP contribution in [0.15, 0.2) is 12.1 Å². The van der Waals surface area contributed by atoms with Crippen molar-refractivity contribution in [2.24, 2.45) is 5.92 Å². The second-order valence-corrected chi connectivity index (χ2v) is 6.70. The molecule has 1 aliphatic rings. The summed E-state index contributed by atoms with van der Waals surface area (Å²) in [5.74, 6) is 2.87. The van der Waals surface area contributed by atoms with Gasteiger partial charge in [0.15, 0.2) is 11.5 Å². The Bertz CT molecular complexity index is 524. The van der Waals surface area contributed by atoms with Crippen molar-refractivity contribution in [1.29, 1.82) is 0 Å². The number of benzene rings is 1. The standard InChI is InChI=1S/C19H32N2O3.2ClH/c1-14(2)6-8-16(21-12-10-20-11-13-21)15-7-9-17(22-3)19(24-5)18(15)23-4;;/h7,9,14,16,20H,6,8,10-13H2,1-5H3;2*1H/t16-;;/m0../s1. The Kier molecular flexibility index (Phi) is 12.1. The lowest BCUT2D eigenvalue weighted by Crippen LogP contribution is -2.45. The van der Waals surface area contributed by atoms with Crippen molar-refractivity contribution in [1.82, 2.24) is 10.2 Å². The van der Waals surface area contributed by atoms with Crippen LogP contribution in [0.5, 0.6) is 17.2 Å². The first-order chi connectivity index (χ1) is 11.6. The number of methoxy groups -OCH3 is 3. The highest BCUT2D eigenvalue weighted by Gasteiger charge is 2.27. The predicted octanol–water partition coefficient (Wildman–Crippen LogP) is 3.94. The summed E-state index contributed by atoms with van der Waals surface area (Å²) in [7, 11) is 5.03. The van der Waals surface area contributed by atoms with Crippen molar-refractivity contribution in [3.05, 3.63) is 17.7 Å². The summed E-state index contributed by atoms with van der Waals surface area (Å²) in [5.41, 5.74) is 1.19. The highest BCUT2D eigenvalue weighted by atomic mass is 35.5. The van der Waals surface area contributed by atoms with Crippen LogP contribution in [0.25, 0.3) is 0 Å². The van der Waals surface area contributed by atoms with Crippen molar-refractivity contribution in [3.8, 4) is 17.2 Å². The molecule has 1 aromatic carbocycles. The maximum absolute atomic E-state index is 5.74. The monoisotopic (exact) mass is 408 g/mol. The van der Waals surface area contributed by atoms with Crippen LogP contribution in [-0.4, -0.2) is 52.4 Å². The van der Waals surface area contributed by atoms with E-state index < -0.39 is 0 Å². The maximum Gasteiger partial charge on any atom is 0.203 e. The van der Waals surface area contributed by atoms with E-state index in [1.54, 1.807) is 21.3 Å². The number of piperazine rings is 1. The Balaban J connectivity index is 0.00000312. The number of rotatable bonds is 8. The summed E-state index contributed by atoms with van der Waals surface area (Å²) >= 11 is 0. The third-order valence-electron chi connectivity index (χ3n) is 4.70. The van der Waals surface area contributed by atoms with Crippen molar-refractivity contribution < 1.29 is 14.2 Å². The smallest absolute Gasteiger partial charge is 0.203 e. The van der Waals surface area contributed by atoms with Crippen molar-refractivity contribution in [2.75, 3.05) is 47.5 Å². The van der Waals surface area contributed by atoms with Crippen LogP contribution in [-0.2, 0) is 0 Å². The Morgan fingerprint density at radius 1 is 0.923 bits per heavy atom.